The highest BCUT2D eigenvalue weighted by Crippen LogP contribution is 2.44. The number of carbonyl (C=O) groups is 1. The third-order valence-corrected chi connectivity index (χ3v) is 17.2. The van der Waals surface area contributed by atoms with Crippen LogP contribution in [0.5, 0.6) is 0 Å². The number of aliphatic hydroxyl groups excluding tert-OH is 5. The Bertz CT molecular complexity index is 3860. The summed E-state index contributed by atoms with van der Waals surface area (Å²) in [5, 5.41) is 82.7. The molecule has 3 aliphatic rings. The first-order valence-corrected chi connectivity index (χ1v) is 29.6. The Hall–Kier alpha value is -6.03. The first kappa shape index (κ1) is 64.5. The van der Waals surface area contributed by atoms with Gasteiger partial charge in [0.2, 0.25) is 5.91 Å². The lowest BCUT2D eigenvalue weighted by atomic mass is 9.91. The zero-order chi connectivity index (χ0) is 63.3. The Kier molecular flexibility index (Phi) is 19.6. The monoisotopic (exact) mass is 1350 g/mol. The van der Waals surface area contributed by atoms with Crippen molar-refractivity contribution < 1.29 is 66.8 Å². The molecule has 4 aromatic carbocycles. The number of carbonyl (C=O) groups excluding carboxylic acids is 1. The molecule has 3 fully saturated rings. The van der Waals surface area contributed by atoms with Crippen LogP contribution in [0.4, 0.5) is 17.6 Å². The number of benzene rings is 4. The molecule has 0 radical (unpaired) electrons. The second-order valence-electron chi connectivity index (χ2n) is 21.1. The fourth-order valence-corrected chi connectivity index (χ4v) is 12.0. The molecule has 1 amide bonds. The van der Waals surface area contributed by atoms with Gasteiger partial charge in [-0.3, -0.25) is 9.69 Å². The van der Waals surface area contributed by atoms with Crippen LogP contribution < -0.4 is 0 Å². The number of rotatable bonds is 17. The maximum Gasteiger partial charge on any atom is 0.248 e. The van der Waals surface area contributed by atoms with E-state index in [4.69, 9.17) is 88.6 Å². The predicted molar refractivity (Wildman–Crippen MR) is 311 cm³/mol. The van der Waals surface area contributed by atoms with Crippen LogP contribution in [0.2, 0.25) is 30.1 Å². The number of hydrogen-bond acceptors (Lipinski definition) is 19. The minimum absolute atomic E-state index is 0.0228. The number of hydrogen-bond donors (Lipinski definition) is 5. The Morgan fingerprint density at radius 2 is 1.09 bits per heavy atom. The first-order valence-electron chi connectivity index (χ1n) is 27.3. The molecule has 472 valence electrons. The van der Waals surface area contributed by atoms with E-state index in [1.54, 1.807) is 36.9 Å². The highest BCUT2D eigenvalue weighted by atomic mass is 35.5. The minimum Gasteiger partial charge on any atom is -0.394 e. The van der Waals surface area contributed by atoms with Crippen molar-refractivity contribution >= 4 is 75.5 Å². The molecular weight excluding hydrogens is 1310 g/mol. The maximum absolute atomic E-state index is 14.7. The van der Waals surface area contributed by atoms with E-state index in [9.17, 15) is 47.9 Å². The quantitative estimate of drug-likeness (QED) is 0.0460. The molecule has 3 saturated heterocycles. The van der Waals surface area contributed by atoms with Crippen LogP contribution in [0, 0.1) is 37.1 Å². The Morgan fingerprint density at radius 1 is 0.640 bits per heavy atom. The van der Waals surface area contributed by atoms with Crippen LogP contribution >= 0.6 is 69.6 Å². The number of ether oxygens (including phenoxy) is 4. The molecule has 0 saturated carbocycles. The second-order valence-corrected chi connectivity index (χ2v) is 23.5. The zero-order valence-corrected chi connectivity index (χ0v) is 51.0. The number of aryl methyl sites for hydroxylation is 2. The first-order chi connectivity index (χ1) is 42.6. The van der Waals surface area contributed by atoms with E-state index < -0.39 is 133 Å². The summed E-state index contributed by atoms with van der Waals surface area (Å²) < 4.78 is 89.9. The van der Waals surface area contributed by atoms with E-state index in [0.29, 0.717) is 11.4 Å². The number of halogens is 10. The van der Waals surface area contributed by atoms with Crippen molar-refractivity contribution in [3.63, 3.8) is 0 Å². The summed E-state index contributed by atoms with van der Waals surface area (Å²) in [4.78, 5) is 27.0. The Morgan fingerprint density at radius 3 is 1.54 bits per heavy atom. The van der Waals surface area contributed by atoms with Gasteiger partial charge in [0.1, 0.15) is 130 Å². The van der Waals surface area contributed by atoms with E-state index in [-0.39, 0.29) is 98.4 Å². The molecule has 4 aromatic heterocycles. The molecule has 7 heterocycles. The molecule has 5 N–H and O–H groups in total. The summed E-state index contributed by atoms with van der Waals surface area (Å²) in [7, 11) is 0. The normalized spacial score (nSPS) is 23.9. The number of aliphatic hydroxyl groups is 5. The summed E-state index contributed by atoms with van der Waals surface area (Å²) in [6, 6.07) is 10.4. The molecule has 11 atom stereocenters. The van der Waals surface area contributed by atoms with Crippen molar-refractivity contribution in [2.45, 2.75) is 87.4 Å². The highest BCUT2D eigenvalue weighted by Gasteiger charge is 2.52. The maximum atomic E-state index is 14.7. The lowest BCUT2D eigenvalue weighted by Gasteiger charge is -2.44. The molecule has 24 nitrogen and oxygen atoms in total. The van der Waals surface area contributed by atoms with Gasteiger partial charge in [-0.25, -0.2) is 46.3 Å². The van der Waals surface area contributed by atoms with Crippen LogP contribution in [0.25, 0.3) is 33.9 Å². The van der Waals surface area contributed by atoms with Gasteiger partial charge in [-0.05, 0) is 80.9 Å². The van der Waals surface area contributed by atoms with Gasteiger partial charge in [0.15, 0.2) is 11.6 Å². The molecule has 11 unspecified atom stereocenters. The highest BCUT2D eigenvalue weighted by molar-refractivity contribution is 6.35. The summed E-state index contributed by atoms with van der Waals surface area (Å²) in [6.45, 7) is 1.01. The third kappa shape index (κ3) is 13.2. The molecule has 3 aliphatic heterocycles. The topological polar surface area (TPSA) is 284 Å². The van der Waals surface area contributed by atoms with Gasteiger partial charge in [0.05, 0.1) is 53.6 Å². The van der Waals surface area contributed by atoms with Crippen molar-refractivity contribution in [3.05, 3.63) is 150 Å². The molecule has 0 bridgehead atoms. The Balaban J connectivity index is 0.857. The van der Waals surface area contributed by atoms with Gasteiger partial charge in [-0.1, -0.05) is 80.0 Å². The zero-order valence-electron chi connectivity index (χ0n) is 46.5. The van der Waals surface area contributed by atoms with Crippen LogP contribution in [-0.4, -0.2) is 196 Å². The van der Waals surface area contributed by atoms with Gasteiger partial charge >= 0.3 is 0 Å². The molecule has 89 heavy (non-hydrogen) atoms. The Labute approximate surface area is 532 Å². The number of aromatic nitrogens is 12. The van der Waals surface area contributed by atoms with E-state index >= 15 is 0 Å². The largest absolute Gasteiger partial charge is 0.394 e. The molecule has 0 aliphatic carbocycles. The number of amides is 1. The minimum atomic E-state index is -1.64. The van der Waals surface area contributed by atoms with Crippen LogP contribution in [0.15, 0.2) is 73.1 Å². The van der Waals surface area contributed by atoms with Gasteiger partial charge in [-0.15, -0.1) is 10.2 Å². The lowest BCUT2D eigenvalue weighted by Crippen LogP contribution is -2.55. The average molecular weight is 1360 g/mol. The number of nitrogens with zero attached hydrogens (tertiary/aromatic N) is 14. The van der Waals surface area contributed by atoms with Crippen LogP contribution in [0.1, 0.15) is 54.0 Å². The summed E-state index contributed by atoms with van der Waals surface area (Å²) in [5.41, 5.74) is 0.345. The summed E-state index contributed by atoms with van der Waals surface area (Å²) in [5.74, 6) is -4.26. The van der Waals surface area contributed by atoms with Gasteiger partial charge in [0, 0.05) is 47.4 Å². The van der Waals surface area contributed by atoms with E-state index in [1.165, 1.54) is 49.5 Å². The summed E-state index contributed by atoms with van der Waals surface area (Å²) in [6.07, 6.45) is -10.0. The molecule has 11 rings (SSSR count). The van der Waals surface area contributed by atoms with Crippen LogP contribution in [-0.2, 0) is 23.7 Å². The van der Waals surface area contributed by atoms with Gasteiger partial charge in [-0.2, -0.15) is 10.2 Å². The van der Waals surface area contributed by atoms with E-state index in [1.807, 2.05) is 0 Å². The molecule has 0 spiro atoms. The molecular formula is C55H52Cl6F4N14O10. The van der Waals surface area contributed by atoms with Crippen molar-refractivity contribution in [2.75, 3.05) is 52.6 Å². The van der Waals surface area contributed by atoms with Crippen molar-refractivity contribution in [2.24, 2.45) is 0 Å². The standard InChI is InChI=1S/C55H52Cl6F4N14O10/c1-24-66-54(78(70-24)38-16-28(56)4-6-30(38)58)52-50(46(48(84)40(20-80)88-52)76-18-36(68-72-76)26-12-32(62)44(60)33(63)13-26)86-22-42(82)74-8-3-9-75(11-10-74)43(83)23-87-51-47(77-19-37(69-73-77)27-14-34(64)45(61)35(65)15-27)49(85)41(21-81)89-53(51)55-67-25(2)71-79(55)39-17-29(57)5-7-31(39)59/h4-7,12-19,40-42,46-53,80-82,84-85H,3,8-11,20-23H2,1-2H3. The fourth-order valence-electron chi connectivity index (χ4n) is 11.0. The van der Waals surface area contributed by atoms with Crippen molar-refractivity contribution in [3.8, 4) is 33.9 Å². The molecule has 34 heteroatoms. The van der Waals surface area contributed by atoms with Gasteiger partial charge < -0.3 is 49.4 Å². The SMILES string of the molecule is Cc1nc(C2OC(CO)C(O)C(n3cc(-c4cc(F)c(Cl)c(F)c4)nn3)C2OCC(=O)N2CCCN(C(O)COC3C(c4nc(C)nn4-c4cc(Cl)ccc4Cl)OC(CO)C(O)C3n3cc(-c4cc(F)c(Cl)c(F)c4)nn3)CC2)n(-c2cc(Cl)ccc2Cl)n1. The van der Waals surface area contributed by atoms with Crippen molar-refractivity contribution in [1.29, 1.82) is 0 Å². The summed E-state index contributed by atoms with van der Waals surface area (Å²) >= 11 is 37.8. The van der Waals surface area contributed by atoms with Crippen LogP contribution in [0.3, 0.4) is 0 Å². The predicted octanol–water partition coefficient (Wildman–Crippen LogP) is 6.85. The fraction of sp³-hybridized carbons (Fsp3) is 0.400. The smallest absolute Gasteiger partial charge is 0.248 e. The average Bonchev–Trinajstić information content (AvgIpc) is 1.75. The van der Waals surface area contributed by atoms with E-state index in [2.05, 4.69) is 40.8 Å². The second kappa shape index (κ2) is 27.0. The van der Waals surface area contributed by atoms with Crippen molar-refractivity contribution in [1.82, 2.24) is 69.3 Å². The van der Waals surface area contributed by atoms with Gasteiger partial charge in [0.25, 0.3) is 0 Å². The lowest BCUT2D eigenvalue weighted by molar-refractivity contribution is -0.232. The van der Waals surface area contributed by atoms with E-state index in [0.717, 1.165) is 28.9 Å². The molecule has 8 aromatic rings. The third-order valence-electron chi connectivity index (χ3n) is 15.3.